The van der Waals surface area contributed by atoms with E-state index in [2.05, 4.69) is 12.2 Å². The minimum atomic E-state index is -0.181. The lowest BCUT2D eigenvalue weighted by Gasteiger charge is -2.18. The van der Waals surface area contributed by atoms with Gasteiger partial charge in [-0.2, -0.15) is 0 Å². The standard InChI is InChI=1S/C14H22FNO/c1-3-8-16-10-13(11-17-4-2)12-6-5-7-14(15)9-12/h5-7,9,13,16H,3-4,8,10-11H2,1-2H3. The van der Waals surface area contributed by atoms with Gasteiger partial charge in [0.15, 0.2) is 0 Å². The Kier molecular flexibility index (Phi) is 6.82. The van der Waals surface area contributed by atoms with E-state index in [-0.39, 0.29) is 11.7 Å². The van der Waals surface area contributed by atoms with Crippen LogP contribution in [-0.4, -0.2) is 26.3 Å². The summed E-state index contributed by atoms with van der Waals surface area (Å²) in [6, 6.07) is 6.78. The Bertz CT molecular complexity index is 317. The maximum absolute atomic E-state index is 13.2. The number of halogens is 1. The zero-order valence-corrected chi connectivity index (χ0v) is 10.7. The van der Waals surface area contributed by atoms with Gasteiger partial charge >= 0.3 is 0 Å². The molecule has 1 aromatic rings. The first-order valence-electron chi connectivity index (χ1n) is 6.31. The van der Waals surface area contributed by atoms with Crippen molar-refractivity contribution in [3.8, 4) is 0 Å². The van der Waals surface area contributed by atoms with E-state index >= 15 is 0 Å². The Morgan fingerprint density at radius 2 is 2.18 bits per heavy atom. The van der Waals surface area contributed by atoms with Crippen molar-refractivity contribution >= 4 is 0 Å². The molecule has 0 aliphatic carbocycles. The van der Waals surface area contributed by atoms with Crippen molar-refractivity contribution in [2.75, 3.05) is 26.3 Å². The normalized spacial score (nSPS) is 12.6. The van der Waals surface area contributed by atoms with E-state index in [1.54, 1.807) is 12.1 Å². The van der Waals surface area contributed by atoms with Gasteiger partial charge in [0.25, 0.3) is 0 Å². The number of hydrogen-bond acceptors (Lipinski definition) is 2. The van der Waals surface area contributed by atoms with Crippen molar-refractivity contribution in [1.29, 1.82) is 0 Å². The summed E-state index contributed by atoms with van der Waals surface area (Å²) in [5, 5.41) is 3.36. The van der Waals surface area contributed by atoms with E-state index in [1.165, 1.54) is 6.07 Å². The number of benzene rings is 1. The summed E-state index contributed by atoms with van der Waals surface area (Å²) in [5.74, 6) is 0.0386. The van der Waals surface area contributed by atoms with E-state index in [4.69, 9.17) is 4.74 Å². The van der Waals surface area contributed by atoms with Crippen molar-refractivity contribution in [1.82, 2.24) is 5.32 Å². The van der Waals surface area contributed by atoms with Crippen molar-refractivity contribution in [3.63, 3.8) is 0 Å². The second-order valence-corrected chi connectivity index (χ2v) is 4.12. The number of rotatable bonds is 8. The molecule has 1 atom stereocenters. The lowest BCUT2D eigenvalue weighted by molar-refractivity contribution is 0.131. The van der Waals surface area contributed by atoms with Gasteiger partial charge in [0, 0.05) is 19.1 Å². The van der Waals surface area contributed by atoms with Crippen LogP contribution in [-0.2, 0) is 4.74 Å². The van der Waals surface area contributed by atoms with E-state index in [9.17, 15) is 4.39 Å². The molecule has 0 heterocycles. The van der Waals surface area contributed by atoms with Gasteiger partial charge in [-0.3, -0.25) is 0 Å². The van der Waals surface area contributed by atoms with Gasteiger partial charge in [-0.1, -0.05) is 19.1 Å². The SMILES string of the molecule is CCCNCC(COCC)c1cccc(F)c1. The highest BCUT2D eigenvalue weighted by Crippen LogP contribution is 2.16. The van der Waals surface area contributed by atoms with Crippen LogP contribution in [0, 0.1) is 5.82 Å². The van der Waals surface area contributed by atoms with Crippen LogP contribution in [0.5, 0.6) is 0 Å². The molecule has 1 rings (SSSR count). The third kappa shape index (κ3) is 5.29. The minimum Gasteiger partial charge on any atom is -0.381 e. The fraction of sp³-hybridized carbons (Fsp3) is 0.571. The minimum absolute atomic E-state index is 0.181. The summed E-state index contributed by atoms with van der Waals surface area (Å²) in [4.78, 5) is 0. The zero-order chi connectivity index (χ0) is 12.5. The molecule has 0 aliphatic heterocycles. The molecule has 3 heteroatoms. The smallest absolute Gasteiger partial charge is 0.123 e. The highest BCUT2D eigenvalue weighted by molar-refractivity contribution is 5.21. The van der Waals surface area contributed by atoms with Gasteiger partial charge in [0.1, 0.15) is 5.82 Å². The van der Waals surface area contributed by atoms with Crippen molar-refractivity contribution in [3.05, 3.63) is 35.6 Å². The Morgan fingerprint density at radius 1 is 1.35 bits per heavy atom. The largest absolute Gasteiger partial charge is 0.381 e. The van der Waals surface area contributed by atoms with Crippen molar-refractivity contribution in [2.45, 2.75) is 26.2 Å². The average Bonchev–Trinajstić information content (AvgIpc) is 2.33. The van der Waals surface area contributed by atoms with Crippen LogP contribution in [0.4, 0.5) is 4.39 Å². The third-order valence-electron chi connectivity index (χ3n) is 2.66. The molecular formula is C14H22FNO. The van der Waals surface area contributed by atoms with E-state index < -0.39 is 0 Å². The molecule has 0 saturated heterocycles. The number of hydrogen-bond donors (Lipinski definition) is 1. The molecule has 1 unspecified atom stereocenters. The van der Waals surface area contributed by atoms with E-state index in [1.807, 2.05) is 13.0 Å². The molecule has 0 aromatic heterocycles. The summed E-state index contributed by atoms with van der Waals surface area (Å²) in [6.45, 7) is 7.25. The van der Waals surface area contributed by atoms with Gasteiger partial charge in [0.2, 0.25) is 0 Å². The van der Waals surface area contributed by atoms with Crippen LogP contribution in [0.1, 0.15) is 31.7 Å². The molecular weight excluding hydrogens is 217 g/mol. The molecule has 0 amide bonds. The lowest BCUT2D eigenvalue weighted by Crippen LogP contribution is -2.25. The predicted octanol–water partition coefficient (Wildman–Crippen LogP) is 2.95. The Hall–Kier alpha value is -0.930. The predicted molar refractivity (Wildman–Crippen MR) is 68.8 cm³/mol. The van der Waals surface area contributed by atoms with Crippen LogP contribution < -0.4 is 5.32 Å². The highest BCUT2D eigenvalue weighted by atomic mass is 19.1. The van der Waals surface area contributed by atoms with Gasteiger partial charge in [-0.05, 0) is 37.6 Å². The highest BCUT2D eigenvalue weighted by Gasteiger charge is 2.11. The van der Waals surface area contributed by atoms with Gasteiger partial charge in [-0.25, -0.2) is 4.39 Å². The molecule has 2 nitrogen and oxygen atoms in total. The maximum atomic E-state index is 13.2. The molecule has 1 N–H and O–H groups in total. The molecule has 0 saturated carbocycles. The summed E-state index contributed by atoms with van der Waals surface area (Å²) in [5.41, 5.74) is 1.00. The fourth-order valence-corrected chi connectivity index (χ4v) is 1.75. The Balaban J connectivity index is 2.60. The first kappa shape index (κ1) is 14.1. The quantitative estimate of drug-likeness (QED) is 0.704. The monoisotopic (exact) mass is 239 g/mol. The van der Waals surface area contributed by atoms with Crippen LogP contribution in [0.3, 0.4) is 0 Å². The molecule has 0 bridgehead atoms. The first-order valence-corrected chi connectivity index (χ1v) is 6.31. The summed E-state index contributed by atoms with van der Waals surface area (Å²) in [6.07, 6.45) is 1.10. The van der Waals surface area contributed by atoms with Gasteiger partial charge in [-0.15, -0.1) is 0 Å². The van der Waals surface area contributed by atoms with Crippen molar-refractivity contribution < 1.29 is 9.13 Å². The molecule has 0 aliphatic rings. The number of ether oxygens (including phenoxy) is 1. The Morgan fingerprint density at radius 3 is 2.82 bits per heavy atom. The van der Waals surface area contributed by atoms with E-state index in [0.717, 1.165) is 25.1 Å². The zero-order valence-electron chi connectivity index (χ0n) is 10.7. The van der Waals surface area contributed by atoms with Crippen LogP contribution in [0.25, 0.3) is 0 Å². The fourth-order valence-electron chi connectivity index (χ4n) is 1.75. The third-order valence-corrected chi connectivity index (χ3v) is 2.66. The van der Waals surface area contributed by atoms with Crippen LogP contribution in [0.2, 0.25) is 0 Å². The van der Waals surface area contributed by atoms with Crippen LogP contribution >= 0.6 is 0 Å². The average molecular weight is 239 g/mol. The molecule has 0 radical (unpaired) electrons. The lowest BCUT2D eigenvalue weighted by atomic mass is 10.00. The number of nitrogens with one attached hydrogen (secondary N) is 1. The first-order chi connectivity index (χ1) is 8.27. The summed E-state index contributed by atoms with van der Waals surface area (Å²) in [7, 11) is 0. The van der Waals surface area contributed by atoms with Crippen molar-refractivity contribution in [2.24, 2.45) is 0 Å². The second-order valence-electron chi connectivity index (χ2n) is 4.12. The molecule has 1 aromatic carbocycles. The maximum Gasteiger partial charge on any atom is 0.123 e. The molecule has 17 heavy (non-hydrogen) atoms. The molecule has 96 valence electrons. The van der Waals surface area contributed by atoms with E-state index in [0.29, 0.717) is 13.2 Å². The topological polar surface area (TPSA) is 21.3 Å². The van der Waals surface area contributed by atoms with Gasteiger partial charge in [0.05, 0.1) is 6.61 Å². The second kappa shape index (κ2) is 8.20. The summed E-state index contributed by atoms with van der Waals surface area (Å²) < 4.78 is 18.6. The summed E-state index contributed by atoms with van der Waals surface area (Å²) >= 11 is 0. The molecule has 0 fully saturated rings. The molecule has 0 spiro atoms. The Labute approximate surface area is 103 Å². The van der Waals surface area contributed by atoms with Crippen LogP contribution in [0.15, 0.2) is 24.3 Å². The van der Waals surface area contributed by atoms with Gasteiger partial charge < -0.3 is 10.1 Å².